The Bertz CT molecular complexity index is 151. The zero-order valence-corrected chi connectivity index (χ0v) is 7.88. The van der Waals surface area contributed by atoms with Crippen LogP contribution in [0.2, 0.25) is 0 Å². The maximum atomic E-state index is 10.3. The maximum absolute atomic E-state index is 10.3. The van der Waals surface area contributed by atoms with Crippen molar-refractivity contribution in [2.45, 2.75) is 6.42 Å². The monoisotopic (exact) mass is 221 g/mol. The highest BCUT2D eigenvalue weighted by atomic mass is 79.9. The second kappa shape index (κ2) is 4.07. The van der Waals surface area contributed by atoms with E-state index >= 15 is 0 Å². The van der Waals surface area contributed by atoms with E-state index in [-0.39, 0.29) is 6.54 Å². The second-order valence-electron chi connectivity index (χ2n) is 2.94. The number of carboxylic acid groups (broad SMARTS) is 1. The Balaban J connectivity index is 2.24. The van der Waals surface area contributed by atoms with Crippen molar-refractivity contribution in [2.75, 3.05) is 25.0 Å². The molecule has 0 aliphatic carbocycles. The van der Waals surface area contributed by atoms with Crippen molar-refractivity contribution in [1.82, 2.24) is 4.90 Å². The van der Waals surface area contributed by atoms with Gasteiger partial charge in [0, 0.05) is 11.9 Å². The summed E-state index contributed by atoms with van der Waals surface area (Å²) in [4.78, 5) is 12.3. The number of carbonyl (C=O) groups is 1. The number of nitrogens with zero attached hydrogens (tertiary/aromatic N) is 1. The van der Waals surface area contributed by atoms with Gasteiger partial charge in [-0.2, -0.15) is 0 Å². The van der Waals surface area contributed by atoms with Crippen LogP contribution in [0.5, 0.6) is 0 Å². The third-order valence-corrected chi connectivity index (χ3v) is 2.86. The molecule has 0 spiro atoms. The summed E-state index contributed by atoms with van der Waals surface area (Å²) in [6.07, 6.45) is 1.12. The van der Waals surface area contributed by atoms with Gasteiger partial charge in [0.15, 0.2) is 0 Å². The van der Waals surface area contributed by atoms with Gasteiger partial charge in [-0.1, -0.05) is 15.9 Å². The molecule has 1 aliphatic rings. The van der Waals surface area contributed by atoms with Crippen LogP contribution in [0.1, 0.15) is 6.42 Å². The number of likely N-dealkylation sites (tertiary alicyclic amines) is 1. The van der Waals surface area contributed by atoms with Gasteiger partial charge in [0.05, 0.1) is 6.54 Å². The van der Waals surface area contributed by atoms with Crippen LogP contribution in [0.15, 0.2) is 0 Å². The molecule has 0 unspecified atom stereocenters. The Hall–Kier alpha value is -0.0900. The molecule has 64 valence electrons. The van der Waals surface area contributed by atoms with E-state index in [4.69, 9.17) is 5.11 Å². The van der Waals surface area contributed by atoms with Gasteiger partial charge in [0.2, 0.25) is 0 Å². The Kier molecular flexibility index (Phi) is 3.33. The van der Waals surface area contributed by atoms with E-state index in [0.717, 1.165) is 24.8 Å². The van der Waals surface area contributed by atoms with Crippen LogP contribution in [-0.4, -0.2) is 40.9 Å². The second-order valence-corrected chi connectivity index (χ2v) is 3.59. The van der Waals surface area contributed by atoms with E-state index in [9.17, 15) is 4.79 Å². The van der Waals surface area contributed by atoms with Crippen LogP contribution in [-0.2, 0) is 4.79 Å². The summed E-state index contributed by atoms with van der Waals surface area (Å²) in [5, 5.41) is 9.47. The minimum absolute atomic E-state index is 0.198. The Morgan fingerprint density at radius 3 is 2.91 bits per heavy atom. The molecule has 1 heterocycles. The van der Waals surface area contributed by atoms with E-state index in [1.807, 2.05) is 4.90 Å². The number of alkyl halides is 1. The fourth-order valence-corrected chi connectivity index (χ4v) is 1.90. The highest BCUT2D eigenvalue weighted by Gasteiger charge is 2.22. The molecule has 1 atom stereocenters. The summed E-state index contributed by atoms with van der Waals surface area (Å²) in [5.41, 5.74) is 0. The lowest BCUT2D eigenvalue weighted by Gasteiger charge is -2.11. The first-order valence-corrected chi connectivity index (χ1v) is 4.84. The van der Waals surface area contributed by atoms with Crippen molar-refractivity contribution in [3.8, 4) is 0 Å². The molecule has 3 nitrogen and oxygen atoms in total. The summed E-state index contributed by atoms with van der Waals surface area (Å²) in [7, 11) is 0. The number of aliphatic carboxylic acids is 1. The van der Waals surface area contributed by atoms with E-state index in [1.165, 1.54) is 0 Å². The fraction of sp³-hybridized carbons (Fsp3) is 0.857. The summed E-state index contributed by atoms with van der Waals surface area (Å²) in [6, 6.07) is 0. The molecular weight excluding hydrogens is 210 g/mol. The average molecular weight is 222 g/mol. The molecule has 0 amide bonds. The van der Waals surface area contributed by atoms with Gasteiger partial charge >= 0.3 is 5.97 Å². The van der Waals surface area contributed by atoms with Crippen molar-refractivity contribution in [1.29, 1.82) is 0 Å². The topological polar surface area (TPSA) is 40.5 Å². The molecular formula is C7H12BrNO2. The summed E-state index contributed by atoms with van der Waals surface area (Å²) < 4.78 is 0. The maximum Gasteiger partial charge on any atom is 0.317 e. The minimum Gasteiger partial charge on any atom is -0.480 e. The average Bonchev–Trinajstić information content (AvgIpc) is 2.34. The molecule has 4 heteroatoms. The first-order chi connectivity index (χ1) is 5.22. The molecule has 0 saturated carbocycles. The molecule has 0 aromatic heterocycles. The zero-order chi connectivity index (χ0) is 8.27. The van der Waals surface area contributed by atoms with Crippen LogP contribution in [0.3, 0.4) is 0 Å². The van der Waals surface area contributed by atoms with E-state index in [1.54, 1.807) is 0 Å². The largest absolute Gasteiger partial charge is 0.480 e. The lowest BCUT2D eigenvalue weighted by molar-refractivity contribution is -0.138. The van der Waals surface area contributed by atoms with Crippen molar-refractivity contribution < 1.29 is 9.90 Å². The van der Waals surface area contributed by atoms with Crippen LogP contribution in [0.25, 0.3) is 0 Å². The number of carboxylic acids is 1. The highest BCUT2D eigenvalue weighted by molar-refractivity contribution is 9.09. The lowest BCUT2D eigenvalue weighted by atomic mass is 10.2. The van der Waals surface area contributed by atoms with Crippen LogP contribution < -0.4 is 0 Å². The predicted molar refractivity (Wildman–Crippen MR) is 46.0 cm³/mol. The fourth-order valence-electron chi connectivity index (χ4n) is 1.37. The van der Waals surface area contributed by atoms with Crippen molar-refractivity contribution >= 4 is 21.9 Å². The molecule has 1 aliphatic heterocycles. The zero-order valence-electron chi connectivity index (χ0n) is 6.29. The number of rotatable bonds is 3. The Morgan fingerprint density at radius 2 is 2.45 bits per heavy atom. The first-order valence-electron chi connectivity index (χ1n) is 3.72. The number of halogens is 1. The van der Waals surface area contributed by atoms with Gasteiger partial charge in [-0.05, 0) is 18.9 Å². The molecule has 0 bridgehead atoms. The molecule has 1 rings (SSSR count). The van der Waals surface area contributed by atoms with Gasteiger partial charge < -0.3 is 5.11 Å². The van der Waals surface area contributed by atoms with Gasteiger partial charge in [0.1, 0.15) is 0 Å². The van der Waals surface area contributed by atoms with Gasteiger partial charge in [0.25, 0.3) is 0 Å². The normalized spacial score (nSPS) is 25.7. The molecule has 11 heavy (non-hydrogen) atoms. The summed E-state index contributed by atoms with van der Waals surface area (Å²) in [6.45, 7) is 2.06. The third kappa shape index (κ3) is 2.79. The molecule has 1 saturated heterocycles. The van der Waals surface area contributed by atoms with Gasteiger partial charge in [-0.25, -0.2) is 0 Å². The number of hydrogen-bond acceptors (Lipinski definition) is 2. The van der Waals surface area contributed by atoms with E-state index in [0.29, 0.717) is 5.92 Å². The molecule has 1 N–H and O–H groups in total. The predicted octanol–water partition coefficient (Wildman–Crippen LogP) is 0.788. The quantitative estimate of drug-likeness (QED) is 0.717. The Morgan fingerprint density at radius 1 is 1.73 bits per heavy atom. The van der Waals surface area contributed by atoms with Crippen LogP contribution in [0.4, 0.5) is 0 Å². The molecule has 0 radical (unpaired) electrons. The lowest BCUT2D eigenvalue weighted by Crippen LogP contribution is -2.27. The Labute approximate surface area is 74.5 Å². The molecule has 1 fully saturated rings. The third-order valence-electron chi connectivity index (χ3n) is 1.95. The van der Waals surface area contributed by atoms with Crippen LogP contribution >= 0.6 is 15.9 Å². The minimum atomic E-state index is -0.722. The molecule has 0 aromatic carbocycles. The standard InChI is InChI=1S/C7H12BrNO2/c8-3-6-1-2-9(4-6)5-7(10)11/h6H,1-5H2,(H,10,11)/t6-/m0/s1. The van der Waals surface area contributed by atoms with Crippen molar-refractivity contribution in [3.63, 3.8) is 0 Å². The SMILES string of the molecule is O=C(O)CN1CC[C@@H](CBr)C1. The summed E-state index contributed by atoms with van der Waals surface area (Å²) >= 11 is 3.40. The van der Waals surface area contributed by atoms with Gasteiger partial charge in [-0.3, -0.25) is 9.69 Å². The summed E-state index contributed by atoms with van der Waals surface area (Å²) in [5.74, 6) is -0.0745. The van der Waals surface area contributed by atoms with Crippen LogP contribution in [0, 0.1) is 5.92 Å². The van der Waals surface area contributed by atoms with Crippen molar-refractivity contribution in [2.24, 2.45) is 5.92 Å². The van der Waals surface area contributed by atoms with Crippen molar-refractivity contribution in [3.05, 3.63) is 0 Å². The van der Waals surface area contributed by atoms with Gasteiger partial charge in [-0.15, -0.1) is 0 Å². The first kappa shape index (κ1) is 9.00. The van der Waals surface area contributed by atoms with E-state index < -0.39 is 5.97 Å². The van der Waals surface area contributed by atoms with E-state index in [2.05, 4.69) is 15.9 Å². The highest BCUT2D eigenvalue weighted by Crippen LogP contribution is 2.17. The molecule has 0 aromatic rings. The smallest absolute Gasteiger partial charge is 0.317 e. The number of hydrogen-bond donors (Lipinski definition) is 1.